The fourth-order valence-electron chi connectivity index (χ4n) is 2.54. The van der Waals surface area contributed by atoms with Crippen LogP contribution in [0.3, 0.4) is 0 Å². The first-order valence-electron chi connectivity index (χ1n) is 6.83. The number of nitrogens with one attached hydrogen (secondary N) is 1. The van der Waals surface area contributed by atoms with Crippen molar-refractivity contribution in [1.29, 1.82) is 0 Å². The number of piperidine rings is 1. The van der Waals surface area contributed by atoms with E-state index in [1.165, 1.54) is 6.07 Å². The molecule has 3 N–H and O–H groups in total. The molecule has 1 heterocycles. The summed E-state index contributed by atoms with van der Waals surface area (Å²) >= 11 is 0. The van der Waals surface area contributed by atoms with Crippen molar-refractivity contribution in [2.45, 2.75) is 32.2 Å². The second kappa shape index (κ2) is 6.19. The van der Waals surface area contributed by atoms with Gasteiger partial charge >= 0.3 is 0 Å². The maximum absolute atomic E-state index is 13.3. The molecule has 0 saturated carbocycles. The van der Waals surface area contributed by atoms with Crippen LogP contribution in [0.15, 0.2) is 12.1 Å². The zero-order valence-corrected chi connectivity index (χ0v) is 11.3. The smallest absolute Gasteiger partial charge is 0.151 e. The largest absolute Gasteiger partial charge is 0.395 e. The molecule has 0 unspecified atom stereocenters. The fourth-order valence-corrected chi connectivity index (χ4v) is 2.54. The van der Waals surface area contributed by atoms with Crippen LogP contribution in [0.5, 0.6) is 0 Å². The molecular weight excluding hydrogens is 248 g/mol. The Hall–Kier alpha value is -1.36. The van der Waals surface area contributed by atoms with Gasteiger partial charge in [-0.05, 0) is 31.9 Å². The van der Waals surface area contributed by atoms with Gasteiger partial charge in [0.1, 0.15) is 5.82 Å². The van der Waals surface area contributed by atoms with Crippen molar-refractivity contribution in [3.8, 4) is 0 Å². The Morgan fingerprint density at radius 1 is 1.32 bits per heavy atom. The van der Waals surface area contributed by atoms with Gasteiger partial charge < -0.3 is 16.0 Å². The average Bonchev–Trinajstić information content (AvgIpc) is 2.38. The maximum Gasteiger partial charge on any atom is 0.151 e. The lowest BCUT2D eigenvalue weighted by molar-refractivity contribution is 0.219. The molecule has 0 aliphatic carbocycles. The molecule has 106 valence electrons. The van der Waals surface area contributed by atoms with Gasteiger partial charge in [-0.1, -0.05) is 6.92 Å². The van der Waals surface area contributed by atoms with E-state index >= 15 is 0 Å². The van der Waals surface area contributed by atoms with Crippen LogP contribution in [0.4, 0.5) is 20.2 Å². The number of benzene rings is 1. The van der Waals surface area contributed by atoms with Crippen molar-refractivity contribution in [2.75, 3.05) is 30.7 Å². The molecule has 1 saturated heterocycles. The van der Waals surface area contributed by atoms with Crippen molar-refractivity contribution in [1.82, 2.24) is 4.90 Å². The molecule has 0 aromatic heterocycles. The third-order valence-corrected chi connectivity index (χ3v) is 3.58. The molecular formula is C14H21F2N3. The van der Waals surface area contributed by atoms with Crippen molar-refractivity contribution < 1.29 is 8.78 Å². The van der Waals surface area contributed by atoms with E-state index in [1.54, 1.807) is 0 Å². The highest BCUT2D eigenvalue weighted by atomic mass is 19.1. The van der Waals surface area contributed by atoms with Crippen LogP contribution in [-0.2, 0) is 0 Å². The molecule has 0 bridgehead atoms. The SMILES string of the molecule is CCCN1CCC(Nc2cc(F)cc(F)c2N)CC1. The van der Waals surface area contributed by atoms with Crippen LogP contribution < -0.4 is 11.1 Å². The number of rotatable bonds is 4. The van der Waals surface area contributed by atoms with Crippen LogP contribution in [0, 0.1) is 11.6 Å². The Bertz CT molecular complexity index is 429. The molecule has 0 radical (unpaired) electrons. The first-order valence-corrected chi connectivity index (χ1v) is 6.83. The minimum atomic E-state index is -0.703. The van der Waals surface area contributed by atoms with Gasteiger partial charge in [-0.15, -0.1) is 0 Å². The van der Waals surface area contributed by atoms with Crippen molar-refractivity contribution in [3.05, 3.63) is 23.8 Å². The Morgan fingerprint density at radius 3 is 2.63 bits per heavy atom. The number of nitrogen functional groups attached to an aromatic ring is 1. The minimum Gasteiger partial charge on any atom is -0.395 e. The van der Waals surface area contributed by atoms with E-state index in [-0.39, 0.29) is 11.7 Å². The Balaban J connectivity index is 1.96. The molecule has 1 aliphatic rings. The van der Waals surface area contributed by atoms with E-state index in [4.69, 9.17) is 5.73 Å². The topological polar surface area (TPSA) is 41.3 Å². The van der Waals surface area contributed by atoms with E-state index in [2.05, 4.69) is 17.1 Å². The van der Waals surface area contributed by atoms with Gasteiger partial charge in [-0.2, -0.15) is 0 Å². The number of anilines is 2. The summed E-state index contributed by atoms with van der Waals surface area (Å²) in [5, 5.41) is 3.16. The predicted molar refractivity (Wildman–Crippen MR) is 74.1 cm³/mol. The van der Waals surface area contributed by atoms with Crippen LogP contribution in [0.1, 0.15) is 26.2 Å². The lowest BCUT2D eigenvalue weighted by Gasteiger charge is -2.32. The molecule has 1 aromatic rings. The van der Waals surface area contributed by atoms with Gasteiger partial charge in [0, 0.05) is 25.2 Å². The van der Waals surface area contributed by atoms with Crippen LogP contribution in [0.25, 0.3) is 0 Å². The Labute approximate surface area is 112 Å². The standard InChI is InChI=1S/C14H21F2N3/c1-2-5-19-6-3-11(4-7-19)18-13-9-10(15)8-12(16)14(13)17/h8-9,11,18H,2-7,17H2,1H3. The molecule has 5 heteroatoms. The summed E-state index contributed by atoms with van der Waals surface area (Å²) in [6.45, 7) is 5.32. The molecule has 0 atom stereocenters. The first-order chi connectivity index (χ1) is 9.10. The summed E-state index contributed by atoms with van der Waals surface area (Å²) in [5.41, 5.74) is 5.99. The number of likely N-dealkylation sites (tertiary alicyclic amines) is 1. The lowest BCUT2D eigenvalue weighted by Crippen LogP contribution is -2.39. The van der Waals surface area contributed by atoms with Gasteiger partial charge in [0.2, 0.25) is 0 Å². The molecule has 0 amide bonds. The van der Waals surface area contributed by atoms with E-state index in [0.29, 0.717) is 5.69 Å². The van der Waals surface area contributed by atoms with E-state index < -0.39 is 11.6 Å². The summed E-state index contributed by atoms with van der Waals surface area (Å²) < 4.78 is 26.5. The lowest BCUT2D eigenvalue weighted by atomic mass is 10.0. The molecule has 19 heavy (non-hydrogen) atoms. The van der Waals surface area contributed by atoms with E-state index in [1.807, 2.05) is 0 Å². The number of nitrogens with two attached hydrogens (primary N) is 1. The molecule has 2 rings (SSSR count). The summed E-state index contributed by atoms with van der Waals surface area (Å²) in [5.74, 6) is -1.30. The van der Waals surface area contributed by atoms with Gasteiger partial charge in [-0.25, -0.2) is 8.78 Å². The number of nitrogens with zero attached hydrogens (tertiary/aromatic N) is 1. The molecule has 1 aromatic carbocycles. The van der Waals surface area contributed by atoms with Gasteiger partial charge in [0.25, 0.3) is 0 Å². The summed E-state index contributed by atoms with van der Waals surface area (Å²) in [6.07, 6.45) is 3.09. The molecule has 1 fully saturated rings. The van der Waals surface area contributed by atoms with Crippen molar-refractivity contribution >= 4 is 11.4 Å². The highest BCUT2D eigenvalue weighted by molar-refractivity contribution is 5.67. The van der Waals surface area contributed by atoms with Gasteiger partial charge in [0.05, 0.1) is 11.4 Å². The Morgan fingerprint density at radius 2 is 2.00 bits per heavy atom. The number of hydrogen-bond donors (Lipinski definition) is 2. The molecule has 1 aliphatic heterocycles. The number of halogens is 2. The highest BCUT2D eigenvalue weighted by Crippen LogP contribution is 2.26. The molecule has 0 spiro atoms. The summed E-state index contributed by atoms with van der Waals surface area (Å²) in [7, 11) is 0. The quantitative estimate of drug-likeness (QED) is 0.826. The van der Waals surface area contributed by atoms with Crippen molar-refractivity contribution in [2.24, 2.45) is 0 Å². The van der Waals surface area contributed by atoms with Crippen LogP contribution in [0.2, 0.25) is 0 Å². The van der Waals surface area contributed by atoms with Crippen LogP contribution in [-0.4, -0.2) is 30.6 Å². The third kappa shape index (κ3) is 3.56. The minimum absolute atomic E-state index is 0.00242. The maximum atomic E-state index is 13.3. The van der Waals surface area contributed by atoms with Crippen LogP contribution >= 0.6 is 0 Å². The van der Waals surface area contributed by atoms with Gasteiger partial charge in [0.15, 0.2) is 5.82 Å². The fraction of sp³-hybridized carbons (Fsp3) is 0.571. The third-order valence-electron chi connectivity index (χ3n) is 3.58. The van der Waals surface area contributed by atoms with Gasteiger partial charge in [-0.3, -0.25) is 0 Å². The summed E-state index contributed by atoms with van der Waals surface area (Å²) in [6, 6.07) is 2.30. The summed E-state index contributed by atoms with van der Waals surface area (Å²) in [4.78, 5) is 2.41. The molecule has 3 nitrogen and oxygen atoms in total. The predicted octanol–water partition coefficient (Wildman–Crippen LogP) is 2.83. The monoisotopic (exact) mass is 269 g/mol. The number of hydrogen-bond acceptors (Lipinski definition) is 3. The zero-order chi connectivity index (χ0) is 13.8. The zero-order valence-electron chi connectivity index (χ0n) is 11.3. The average molecular weight is 269 g/mol. The highest BCUT2D eigenvalue weighted by Gasteiger charge is 2.19. The van der Waals surface area contributed by atoms with E-state index in [9.17, 15) is 8.78 Å². The first kappa shape index (κ1) is 14.1. The van der Waals surface area contributed by atoms with Crippen molar-refractivity contribution in [3.63, 3.8) is 0 Å². The van der Waals surface area contributed by atoms with E-state index in [0.717, 1.165) is 45.0 Å². The normalized spacial score (nSPS) is 17.6. The Kier molecular flexibility index (Phi) is 4.58. The second-order valence-corrected chi connectivity index (χ2v) is 5.11. The second-order valence-electron chi connectivity index (χ2n) is 5.11.